The summed E-state index contributed by atoms with van der Waals surface area (Å²) < 4.78 is 0. The van der Waals surface area contributed by atoms with Gasteiger partial charge in [0.05, 0.1) is 12.5 Å². The number of aromatic amines is 1. The van der Waals surface area contributed by atoms with Gasteiger partial charge in [-0.05, 0) is 30.4 Å². The van der Waals surface area contributed by atoms with Crippen LogP contribution in [0.25, 0.3) is 10.9 Å². The summed E-state index contributed by atoms with van der Waals surface area (Å²) in [7, 11) is 0. The molecule has 1 aliphatic carbocycles. The van der Waals surface area contributed by atoms with Crippen molar-refractivity contribution >= 4 is 28.5 Å². The van der Waals surface area contributed by atoms with Crippen molar-refractivity contribution in [3.05, 3.63) is 36.0 Å². The number of hydrogen-bond donors (Lipinski definition) is 4. The fraction of sp³-hybridized carbons (Fsp3) is 0.476. The van der Waals surface area contributed by atoms with Crippen molar-refractivity contribution in [2.45, 2.75) is 44.2 Å². The van der Waals surface area contributed by atoms with Crippen LogP contribution in [0.3, 0.4) is 0 Å². The molecule has 4 atom stereocenters. The monoisotopic (exact) mass is 383 g/mol. The van der Waals surface area contributed by atoms with E-state index in [0.29, 0.717) is 6.42 Å². The number of Topliss-reactive ketones (excluding diaryl/α,β-unsaturated/α-hetero) is 1. The third-order valence-corrected chi connectivity index (χ3v) is 6.06. The predicted molar refractivity (Wildman–Crippen MR) is 103 cm³/mol. The molecule has 1 saturated carbocycles. The van der Waals surface area contributed by atoms with Gasteiger partial charge in [-0.3, -0.25) is 14.4 Å². The Morgan fingerprint density at radius 3 is 2.79 bits per heavy atom. The van der Waals surface area contributed by atoms with Crippen LogP contribution in [0.1, 0.15) is 31.2 Å². The number of carbonyl (C=O) groups excluding carboxylic acids is 3. The predicted octanol–water partition coefficient (Wildman–Crippen LogP) is 1.06. The van der Waals surface area contributed by atoms with Gasteiger partial charge in [0, 0.05) is 36.0 Å². The number of benzene rings is 1. The van der Waals surface area contributed by atoms with Crippen LogP contribution in [0.4, 0.5) is 0 Å². The van der Waals surface area contributed by atoms with Crippen LogP contribution in [0.5, 0.6) is 0 Å². The molecule has 2 heterocycles. The maximum atomic E-state index is 13.3. The molecule has 1 saturated heterocycles. The Morgan fingerprint density at radius 1 is 1.25 bits per heavy atom. The van der Waals surface area contributed by atoms with Gasteiger partial charge in [-0.25, -0.2) is 0 Å². The zero-order valence-corrected chi connectivity index (χ0v) is 15.6. The fourth-order valence-corrected chi connectivity index (χ4v) is 4.42. The van der Waals surface area contributed by atoms with E-state index >= 15 is 0 Å². The van der Waals surface area contributed by atoms with Crippen molar-refractivity contribution in [1.29, 1.82) is 0 Å². The third kappa shape index (κ3) is 3.54. The second-order valence-corrected chi connectivity index (χ2v) is 7.83. The smallest absolute Gasteiger partial charge is 0.243 e. The lowest BCUT2D eigenvalue weighted by atomic mass is 9.86. The topological polar surface area (TPSA) is 111 Å². The molecule has 1 unspecified atom stereocenters. The number of hydrogen-bond acceptors (Lipinski definition) is 4. The second-order valence-electron chi connectivity index (χ2n) is 7.83. The molecule has 7 heteroatoms. The lowest BCUT2D eigenvalue weighted by Crippen LogP contribution is -2.60. The third-order valence-electron chi connectivity index (χ3n) is 6.06. The number of fused-ring (bicyclic) bond motifs is 1. The van der Waals surface area contributed by atoms with E-state index in [1.165, 1.54) is 0 Å². The average Bonchev–Trinajstić information content (AvgIpc) is 3.31. The summed E-state index contributed by atoms with van der Waals surface area (Å²) in [6.45, 7) is -0.0111. The second kappa shape index (κ2) is 7.75. The number of para-hydroxylation sites is 1. The minimum absolute atomic E-state index is 0.0111. The Bertz CT molecular complexity index is 898. The van der Waals surface area contributed by atoms with E-state index in [-0.39, 0.29) is 42.5 Å². The number of rotatable bonds is 7. The largest absolute Gasteiger partial charge is 0.396 e. The number of aliphatic hydroxyl groups excluding tert-OH is 1. The first-order valence-electron chi connectivity index (χ1n) is 9.86. The van der Waals surface area contributed by atoms with Gasteiger partial charge >= 0.3 is 0 Å². The number of β-lactam (4-membered cyclic amide) rings is 1. The highest BCUT2D eigenvalue weighted by Gasteiger charge is 2.39. The highest BCUT2D eigenvalue weighted by atomic mass is 16.3. The van der Waals surface area contributed by atoms with Gasteiger partial charge in [0.1, 0.15) is 6.04 Å². The standard InChI is InChI=1S/C21H25N3O4/c25-11-12-4-3-6-15(12)20(27)17(24-21(28)18-9-19(26)23-18)8-13-10-22-16-7-2-1-5-14(13)16/h1-2,5,7,10,12,15,17-18,22,25H,3-4,6,8-9,11H2,(H,23,26)(H,24,28)/t12-,15?,17-,18-/m0/s1. The van der Waals surface area contributed by atoms with Crippen LogP contribution < -0.4 is 10.6 Å². The van der Waals surface area contributed by atoms with Crippen LogP contribution in [0.2, 0.25) is 0 Å². The normalized spacial score (nSPS) is 25.2. The molecular weight excluding hydrogens is 358 g/mol. The summed E-state index contributed by atoms with van der Waals surface area (Å²) in [4.78, 5) is 40.1. The Morgan fingerprint density at radius 2 is 2.04 bits per heavy atom. The molecule has 148 valence electrons. The highest BCUT2D eigenvalue weighted by Crippen LogP contribution is 2.33. The quantitative estimate of drug-likeness (QED) is 0.536. The van der Waals surface area contributed by atoms with Crippen LogP contribution in [0, 0.1) is 11.8 Å². The molecule has 1 aromatic carbocycles. The zero-order chi connectivity index (χ0) is 19.7. The summed E-state index contributed by atoms with van der Waals surface area (Å²) in [5.41, 5.74) is 1.95. The molecule has 0 spiro atoms. The Balaban J connectivity index is 1.56. The van der Waals surface area contributed by atoms with Crippen LogP contribution in [-0.2, 0) is 20.8 Å². The SMILES string of the molecule is O=C1C[C@@H](C(=O)N[C@@H](Cc2c[nH]c3ccccc23)C(=O)C2CCC[C@H]2CO)N1. The van der Waals surface area contributed by atoms with E-state index in [0.717, 1.165) is 35.7 Å². The molecule has 1 aromatic heterocycles. The van der Waals surface area contributed by atoms with Gasteiger partial charge in [0.15, 0.2) is 5.78 Å². The Kier molecular flexibility index (Phi) is 5.17. The Hall–Kier alpha value is -2.67. The van der Waals surface area contributed by atoms with Crippen molar-refractivity contribution in [1.82, 2.24) is 15.6 Å². The first-order chi connectivity index (χ1) is 13.6. The summed E-state index contributed by atoms with van der Waals surface area (Å²) >= 11 is 0. The van der Waals surface area contributed by atoms with E-state index in [4.69, 9.17) is 0 Å². The van der Waals surface area contributed by atoms with Gasteiger partial charge in [0.2, 0.25) is 11.8 Å². The number of aliphatic hydroxyl groups is 1. The molecule has 1 aliphatic heterocycles. The van der Waals surface area contributed by atoms with Crippen molar-refractivity contribution in [2.75, 3.05) is 6.61 Å². The van der Waals surface area contributed by atoms with Crippen LogP contribution in [-0.4, -0.2) is 46.4 Å². The molecule has 4 rings (SSSR count). The fourth-order valence-electron chi connectivity index (χ4n) is 4.42. The van der Waals surface area contributed by atoms with E-state index in [2.05, 4.69) is 15.6 Å². The van der Waals surface area contributed by atoms with E-state index in [9.17, 15) is 19.5 Å². The lowest BCUT2D eigenvalue weighted by Gasteiger charge is -2.29. The van der Waals surface area contributed by atoms with E-state index in [1.54, 1.807) is 0 Å². The van der Waals surface area contributed by atoms with E-state index in [1.807, 2.05) is 30.5 Å². The number of nitrogens with one attached hydrogen (secondary N) is 3. The summed E-state index contributed by atoms with van der Waals surface area (Å²) in [6, 6.07) is 6.60. The first-order valence-corrected chi connectivity index (χ1v) is 9.86. The molecule has 28 heavy (non-hydrogen) atoms. The minimum Gasteiger partial charge on any atom is -0.396 e. The molecule has 7 nitrogen and oxygen atoms in total. The molecule has 2 aromatic rings. The minimum atomic E-state index is -0.679. The van der Waals surface area contributed by atoms with Crippen LogP contribution in [0.15, 0.2) is 30.5 Å². The summed E-state index contributed by atoms with van der Waals surface area (Å²) in [6.07, 6.45) is 4.89. The molecule has 2 aliphatic rings. The van der Waals surface area contributed by atoms with Gasteiger partial charge in [-0.1, -0.05) is 24.6 Å². The average molecular weight is 383 g/mol. The molecule has 4 N–H and O–H groups in total. The zero-order valence-electron chi connectivity index (χ0n) is 15.6. The number of H-pyrrole nitrogens is 1. The maximum Gasteiger partial charge on any atom is 0.243 e. The Labute approximate surface area is 162 Å². The summed E-state index contributed by atoms with van der Waals surface area (Å²) in [5, 5.41) is 16.1. The molecule has 2 fully saturated rings. The summed E-state index contributed by atoms with van der Waals surface area (Å²) in [5.74, 6) is -0.789. The molecule has 0 bridgehead atoms. The van der Waals surface area contributed by atoms with Gasteiger partial charge < -0.3 is 20.7 Å². The van der Waals surface area contributed by atoms with Gasteiger partial charge in [-0.15, -0.1) is 0 Å². The van der Waals surface area contributed by atoms with Gasteiger partial charge in [0.25, 0.3) is 0 Å². The molecule has 2 amide bonds. The highest BCUT2D eigenvalue weighted by molar-refractivity contribution is 5.99. The number of amides is 2. The first kappa shape index (κ1) is 18.7. The van der Waals surface area contributed by atoms with Crippen molar-refractivity contribution in [3.63, 3.8) is 0 Å². The van der Waals surface area contributed by atoms with Crippen molar-refractivity contribution in [2.24, 2.45) is 11.8 Å². The number of aromatic nitrogens is 1. The maximum absolute atomic E-state index is 13.3. The van der Waals surface area contributed by atoms with Crippen molar-refractivity contribution < 1.29 is 19.5 Å². The molecule has 0 radical (unpaired) electrons. The molecular formula is C21H25N3O4. The van der Waals surface area contributed by atoms with Gasteiger partial charge in [-0.2, -0.15) is 0 Å². The van der Waals surface area contributed by atoms with Crippen molar-refractivity contribution in [3.8, 4) is 0 Å². The number of ketones is 1. The van der Waals surface area contributed by atoms with E-state index < -0.39 is 12.1 Å². The lowest BCUT2D eigenvalue weighted by molar-refractivity contribution is -0.139. The van der Waals surface area contributed by atoms with Crippen LogP contribution >= 0.6 is 0 Å². The number of carbonyl (C=O) groups is 3.